The van der Waals surface area contributed by atoms with Crippen LogP contribution in [0.25, 0.3) is 10.8 Å². The summed E-state index contributed by atoms with van der Waals surface area (Å²) in [6.07, 6.45) is 0. The third-order valence-corrected chi connectivity index (χ3v) is 4.07. The molecule has 3 rings (SSSR count). The van der Waals surface area contributed by atoms with Gasteiger partial charge in [-0.2, -0.15) is 0 Å². The van der Waals surface area contributed by atoms with E-state index in [1.165, 1.54) is 10.8 Å². The zero-order valence-electron chi connectivity index (χ0n) is 12.5. The molecule has 0 spiro atoms. The SMILES string of the molecule is CCOc1ccc(Br)cc1CNc1cccc2ccccc12. The molecule has 0 saturated carbocycles. The minimum atomic E-state index is 0.670. The number of ether oxygens (including phenoxy) is 1. The maximum Gasteiger partial charge on any atom is 0.124 e. The van der Waals surface area contributed by atoms with Crippen molar-refractivity contribution in [1.29, 1.82) is 0 Å². The summed E-state index contributed by atoms with van der Waals surface area (Å²) in [6, 6.07) is 20.8. The Morgan fingerprint density at radius 2 is 1.82 bits per heavy atom. The van der Waals surface area contributed by atoms with Gasteiger partial charge >= 0.3 is 0 Å². The third kappa shape index (κ3) is 3.25. The summed E-state index contributed by atoms with van der Waals surface area (Å²) in [4.78, 5) is 0. The van der Waals surface area contributed by atoms with Crippen LogP contribution in [0.15, 0.2) is 65.1 Å². The predicted molar refractivity (Wildman–Crippen MR) is 96.6 cm³/mol. The first-order valence-electron chi connectivity index (χ1n) is 7.41. The lowest BCUT2D eigenvalue weighted by atomic mass is 10.1. The van der Waals surface area contributed by atoms with Crippen LogP contribution >= 0.6 is 15.9 Å². The molecule has 3 aromatic carbocycles. The number of hydrogen-bond donors (Lipinski definition) is 1. The number of hydrogen-bond acceptors (Lipinski definition) is 2. The van der Waals surface area contributed by atoms with Crippen LogP contribution in [-0.2, 0) is 6.54 Å². The lowest BCUT2D eigenvalue weighted by Gasteiger charge is -2.14. The number of rotatable bonds is 5. The Labute approximate surface area is 139 Å². The molecule has 0 unspecified atom stereocenters. The van der Waals surface area contributed by atoms with Crippen LogP contribution in [0.5, 0.6) is 5.75 Å². The van der Waals surface area contributed by atoms with Crippen molar-refractivity contribution < 1.29 is 4.74 Å². The summed E-state index contributed by atoms with van der Waals surface area (Å²) in [6.45, 7) is 3.40. The van der Waals surface area contributed by atoms with E-state index in [9.17, 15) is 0 Å². The molecule has 0 aliphatic heterocycles. The Bertz CT molecular complexity index is 780. The Balaban J connectivity index is 1.87. The monoisotopic (exact) mass is 355 g/mol. The van der Waals surface area contributed by atoms with E-state index in [1.54, 1.807) is 0 Å². The molecular weight excluding hydrogens is 338 g/mol. The van der Waals surface area contributed by atoms with Gasteiger partial charge in [0.15, 0.2) is 0 Å². The van der Waals surface area contributed by atoms with Crippen LogP contribution in [0, 0.1) is 0 Å². The van der Waals surface area contributed by atoms with Crippen molar-refractivity contribution in [2.75, 3.05) is 11.9 Å². The molecule has 0 amide bonds. The van der Waals surface area contributed by atoms with E-state index < -0.39 is 0 Å². The highest BCUT2D eigenvalue weighted by Crippen LogP contribution is 2.27. The van der Waals surface area contributed by atoms with Crippen molar-refractivity contribution in [3.8, 4) is 5.75 Å². The van der Waals surface area contributed by atoms with Gasteiger partial charge in [0.1, 0.15) is 5.75 Å². The highest BCUT2D eigenvalue weighted by molar-refractivity contribution is 9.10. The fourth-order valence-corrected chi connectivity index (χ4v) is 2.96. The highest BCUT2D eigenvalue weighted by atomic mass is 79.9. The molecule has 3 aromatic rings. The van der Waals surface area contributed by atoms with Crippen LogP contribution in [0.2, 0.25) is 0 Å². The molecule has 0 bridgehead atoms. The van der Waals surface area contributed by atoms with E-state index in [2.05, 4.69) is 69.8 Å². The van der Waals surface area contributed by atoms with E-state index in [0.717, 1.165) is 28.0 Å². The number of halogens is 1. The molecule has 112 valence electrons. The molecule has 22 heavy (non-hydrogen) atoms. The zero-order valence-corrected chi connectivity index (χ0v) is 14.1. The van der Waals surface area contributed by atoms with Crippen molar-refractivity contribution in [2.45, 2.75) is 13.5 Å². The number of nitrogens with one attached hydrogen (secondary N) is 1. The molecule has 0 saturated heterocycles. The maximum absolute atomic E-state index is 5.71. The smallest absolute Gasteiger partial charge is 0.124 e. The van der Waals surface area contributed by atoms with E-state index in [0.29, 0.717) is 6.61 Å². The van der Waals surface area contributed by atoms with Gasteiger partial charge in [0, 0.05) is 27.7 Å². The van der Waals surface area contributed by atoms with Crippen LogP contribution in [0.3, 0.4) is 0 Å². The summed E-state index contributed by atoms with van der Waals surface area (Å²) >= 11 is 3.53. The Morgan fingerprint density at radius 3 is 2.68 bits per heavy atom. The van der Waals surface area contributed by atoms with Gasteiger partial charge in [-0.1, -0.05) is 52.3 Å². The second kappa shape index (κ2) is 6.84. The van der Waals surface area contributed by atoms with Crippen molar-refractivity contribution in [3.05, 3.63) is 70.7 Å². The first-order valence-corrected chi connectivity index (χ1v) is 8.20. The lowest BCUT2D eigenvalue weighted by Crippen LogP contribution is -2.03. The van der Waals surface area contributed by atoms with Gasteiger partial charge in [-0.15, -0.1) is 0 Å². The second-order valence-corrected chi connectivity index (χ2v) is 5.98. The average Bonchev–Trinajstić information content (AvgIpc) is 2.55. The molecule has 0 radical (unpaired) electrons. The van der Waals surface area contributed by atoms with Gasteiger partial charge in [0.25, 0.3) is 0 Å². The molecule has 0 aromatic heterocycles. The normalized spacial score (nSPS) is 10.6. The predicted octanol–water partition coefficient (Wildman–Crippen LogP) is 5.61. The standard InChI is InChI=1S/C19H18BrNO/c1-2-22-19-11-10-16(20)12-15(19)13-21-18-9-5-7-14-6-3-4-8-17(14)18/h3-12,21H,2,13H2,1H3. The average molecular weight is 356 g/mol. The summed E-state index contributed by atoms with van der Waals surface area (Å²) in [5.41, 5.74) is 2.28. The maximum atomic E-state index is 5.71. The van der Waals surface area contributed by atoms with E-state index in [4.69, 9.17) is 4.74 Å². The fraction of sp³-hybridized carbons (Fsp3) is 0.158. The molecule has 0 aliphatic carbocycles. The quantitative estimate of drug-likeness (QED) is 0.641. The zero-order chi connectivity index (χ0) is 15.4. The van der Waals surface area contributed by atoms with Gasteiger partial charge in [-0.25, -0.2) is 0 Å². The van der Waals surface area contributed by atoms with E-state index >= 15 is 0 Å². The van der Waals surface area contributed by atoms with Gasteiger partial charge in [-0.3, -0.25) is 0 Å². The van der Waals surface area contributed by atoms with Crippen molar-refractivity contribution in [2.24, 2.45) is 0 Å². The molecule has 3 heteroatoms. The summed E-state index contributed by atoms with van der Waals surface area (Å²) in [5, 5.41) is 6.01. The minimum Gasteiger partial charge on any atom is -0.494 e. The Morgan fingerprint density at radius 1 is 1.00 bits per heavy atom. The number of fused-ring (bicyclic) bond motifs is 1. The van der Waals surface area contributed by atoms with Crippen molar-refractivity contribution >= 4 is 32.4 Å². The molecular formula is C19H18BrNO. The van der Waals surface area contributed by atoms with Gasteiger partial charge in [0.05, 0.1) is 6.61 Å². The van der Waals surface area contributed by atoms with Gasteiger partial charge in [0.2, 0.25) is 0 Å². The molecule has 0 fully saturated rings. The van der Waals surface area contributed by atoms with Gasteiger partial charge in [-0.05, 0) is 36.6 Å². The van der Waals surface area contributed by atoms with Gasteiger partial charge < -0.3 is 10.1 Å². The van der Waals surface area contributed by atoms with E-state index in [-0.39, 0.29) is 0 Å². The first-order chi connectivity index (χ1) is 10.8. The summed E-state index contributed by atoms with van der Waals surface area (Å²) in [5.74, 6) is 0.929. The largest absolute Gasteiger partial charge is 0.494 e. The third-order valence-electron chi connectivity index (χ3n) is 3.58. The van der Waals surface area contributed by atoms with Crippen LogP contribution in [0.1, 0.15) is 12.5 Å². The summed E-state index contributed by atoms with van der Waals surface area (Å²) < 4.78 is 6.77. The van der Waals surface area contributed by atoms with Crippen LogP contribution < -0.4 is 10.1 Å². The van der Waals surface area contributed by atoms with Crippen molar-refractivity contribution in [3.63, 3.8) is 0 Å². The summed E-state index contributed by atoms with van der Waals surface area (Å²) in [7, 11) is 0. The minimum absolute atomic E-state index is 0.670. The lowest BCUT2D eigenvalue weighted by molar-refractivity contribution is 0.337. The molecule has 0 aliphatic rings. The first kappa shape index (κ1) is 14.9. The Kier molecular flexibility index (Phi) is 4.64. The number of anilines is 1. The van der Waals surface area contributed by atoms with Crippen LogP contribution in [0.4, 0.5) is 5.69 Å². The fourth-order valence-electron chi connectivity index (χ4n) is 2.55. The molecule has 2 nitrogen and oxygen atoms in total. The van der Waals surface area contributed by atoms with Crippen molar-refractivity contribution in [1.82, 2.24) is 0 Å². The molecule has 0 atom stereocenters. The topological polar surface area (TPSA) is 21.3 Å². The highest BCUT2D eigenvalue weighted by Gasteiger charge is 2.06. The molecule has 0 heterocycles. The van der Waals surface area contributed by atoms with E-state index in [1.807, 2.05) is 19.1 Å². The Hall–Kier alpha value is -2.00. The molecule has 1 N–H and O–H groups in total. The number of benzene rings is 3. The second-order valence-electron chi connectivity index (χ2n) is 5.07. The van der Waals surface area contributed by atoms with Crippen LogP contribution in [-0.4, -0.2) is 6.61 Å².